The Bertz CT molecular complexity index is 354. The van der Waals surface area contributed by atoms with E-state index in [1.54, 1.807) is 16.2 Å². The number of thiophene rings is 1. The van der Waals surface area contributed by atoms with Crippen LogP contribution in [0.15, 0.2) is 15.9 Å². The van der Waals surface area contributed by atoms with Crippen molar-refractivity contribution in [1.29, 1.82) is 0 Å². The van der Waals surface area contributed by atoms with Crippen LogP contribution >= 0.6 is 27.3 Å². The van der Waals surface area contributed by atoms with Crippen LogP contribution in [0.4, 0.5) is 4.79 Å². The third-order valence-electron chi connectivity index (χ3n) is 2.43. The van der Waals surface area contributed by atoms with Crippen molar-refractivity contribution in [3.05, 3.63) is 20.8 Å². The van der Waals surface area contributed by atoms with Gasteiger partial charge in [0.15, 0.2) is 0 Å². The smallest absolute Gasteiger partial charge is 0.317 e. The summed E-state index contributed by atoms with van der Waals surface area (Å²) in [4.78, 5) is 14.6. The lowest BCUT2D eigenvalue weighted by molar-refractivity contribution is 0.207. The van der Waals surface area contributed by atoms with Crippen molar-refractivity contribution in [2.75, 3.05) is 13.6 Å². The second-order valence-electron chi connectivity index (χ2n) is 4.00. The number of hydrogen-bond acceptors (Lipinski definition) is 2. The normalized spacial score (nSPS) is 10.3. The van der Waals surface area contributed by atoms with E-state index in [0.717, 1.165) is 16.8 Å². The van der Waals surface area contributed by atoms with Crippen LogP contribution in [-0.2, 0) is 6.54 Å². The first-order chi connectivity index (χ1) is 8.13. The zero-order valence-electron chi connectivity index (χ0n) is 10.3. The Labute approximate surface area is 115 Å². The average Bonchev–Trinajstić information content (AvgIpc) is 2.70. The highest BCUT2D eigenvalue weighted by molar-refractivity contribution is 9.11. The minimum Gasteiger partial charge on any atom is -0.338 e. The van der Waals surface area contributed by atoms with Crippen LogP contribution in [0.5, 0.6) is 0 Å². The number of halogens is 1. The maximum atomic E-state index is 11.7. The highest BCUT2D eigenvalue weighted by Gasteiger charge is 2.09. The number of urea groups is 1. The van der Waals surface area contributed by atoms with Crippen molar-refractivity contribution in [3.63, 3.8) is 0 Å². The number of unbranched alkanes of at least 4 members (excludes halogenated alkanes) is 2. The highest BCUT2D eigenvalue weighted by atomic mass is 79.9. The lowest BCUT2D eigenvalue weighted by Crippen LogP contribution is -2.37. The molecule has 0 saturated heterocycles. The maximum Gasteiger partial charge on any atom is 0.317 e. The Kier molecular flexibility index (Phi) is 6.58. The first-order valence-corrected chi connectivity index (χ1v) is 7.47. The molecule has 0 saturated carbocycles. The van der Waals surface area contributed by atoms with E-state index in [1.807, 2.05) is 19.2 Å². The Morgan fingerprint density at radius 3 is 2.82 bits per heavy atom. The fourth-order valence-corrected chi connectivity index (χ4v) is 2.98. The van der Waals surface area contributed by atoms with Crippen LogP contribution in [0.25, 0.3) is 0 Å². The van der Waals surface area contributed by atoms with Gasteiger partial charge in [0.25, 0.3) is 0 Å². The fraction of sp³-hybridized carbons (Fsp3) is 0.583. The van der Waals surface area contributed by atoms with Crippen molar-refractivity contribution >= 4 is 33.3 Å². The molecule has 1 rings (SSSR count). The Morgan fingerprint density at radius 1 is 1.47 bits per heavy atom. The van der Waals surface area contributed by atoms with Crippen LogP contribution in [0, 0.1) is 0 Å². The van der Waals surface area contributed by atoms with Gasteiger partial charge < -0.3 is 10.2 Å². The second kappa shape index (κ2) is 7.71. The summed E-state index contributed by atoms with van der Waals surface area (Å²) in [5, 5.41) is 2.92. The molecule has 96 valence electrons. The average molecular weight is 319 g/mol. The van der Waals surface area contributed by atoms with Gasteiger partial charge in [0.1, 0.15) is 0 Å². The molecule has 17 heavy (non-hydrogen) atoms. The van der Waals surface area contributed by atoms with Gasteiger partial charge in [0.2, 0.25) is 0 Å². The summed E-state index contributed by atoms with van der Waals surface area (Å²) < 4.78 is 1.10. The molecule has 0 bridgehead atoms. The van der Waals surface area contributed by atoms with E-state index in [0.29, 0.717) is 6.54 Å². The fourth-order valence-electron chi connectivity index (χ4n) is 1.45. The largest absolute Gasteiger partial charge is 0.338 e. The van der Waals surface area contributed by atoms with E-state index in [-0.39, 0.29) is 6.03 Å². The highest BCUT2D eigenvalue weighted by Crippen LogP contribution is 2.22. The summed E-state index contributed by atoms with van der Waals surface area (Å²) in [6.45, 7) is 3.59. The number of rotatable bonds is 6. The first-order valence-electron chi connectivity index (χ1n) is 5.86. The van der Waals surface area contributed by atoms with E-state index in [2.05, 4.69) is 28.2 Å². The SMILES string of the molecule is CCCCCNC(=O)N(C)Cc1ccc(Br)s1. The standard InChI is InChI=1S/C12H19BrN2OS/c1-3-4-5-8-14-12(16)15(2)9-10-6-7-11(13)17-10/h6-7H,3-5,8-9H2,1-2H3,(H,14,16). The minimum absolute atomic E-state index is 0.00521. The molecular formula is C12H19BrN2OS. The van der Waals surface area contributed by atoms with Crippen LogP contribution in [0.3, 0.4) is 0 Å². The molecule has 0 aliphatic rings. The number of amides is 2. The van der Waals surface area contributed by atoms with Gasteiger partial charge in [-0.25, -0.2) is 4.79 Å². The summed E-state index contributed by atoms with van der Waals surface area (Å²) in [5.74, 6) is 0. The molecule has 0 aliphatic heterocycles. The zero-order chi connectivity index (χ0) is 12.7. The summed E-state index contributed by atoms with van der Waals surface area (Å²) >= 11 is 5.08. The number of nitrogens with zero attached hydrogens (tertiary/aromatic N) is 1. The van der Waals surface area contributed by atoms with E-state index >= 15 is 0 Å². The quantitative estimate of drug-likeness (QED) is 0.794. The van der Waals surface area contributed by atoms with Crippen LogP contribution in [0.1, 0.15) is 31.1 Å². The summed E-state index contributed by atoms with van der Waals surface area (Å²) in [6, 6.07) is 4.05. The monoisotopic (exact) mass is 318 g/mol. The summed E-state index contributed by atoms with van der Waals surface area (Å²) in [6.07, 6.45) is 3.40. The molecule has 0 atom stereocenters. The number of carbonyl (C=O) groups excluding carboxylic acids is 1. The molecule has 2 amide bonds. The van der Waals surface area contributed by atoms with Crippen molar-refractivity contribution in [3.8, 4) is 0 Å². The topological polar surface area (TPSA) is 32.3 Å². The Hall–Kier alpha value is -0.550. The molecule has 5 heteroatoms. The number of hydrogen-bond donors (Lipinski definition) is 1. The van der Waals surface area contributed by atoms with Gasteiger partial charge >= 0.3 is 6.03 Å². The molecule has 1 N–H and O–H groups in total. The first kappa shape index (κ1) is 14.5. The van der Waals surface area contributed by atoms with Crippen molar-refractivity contribution in [2.24, 2.45) is 0 Å². The van der Waals surface area contributed by atoms with Gasteiger partial charge in [0.05, 0.1) is 10.3 Å². The van der Waals surface area contributed by atoms with Crippen molar-refractivity contribution in [1.82, 2.24) is 10.2 Å². The molecule has 1 heterocycles. The van der Waals surface area contributed by atoms with Gasteiger partial charge in [-0.3, -0.25) is 0 Å². The third-order valence-corrected chi connectivity index (χ3v) is 4.03. The summed E-state index contributed by atoms with van der Waals surface area (Å²) in [5.41, 5.74) is 0. The molecule has 0 spiro atoms. The Morgan fingerprint density at radius 2 is 2.24 bits per heavy atom. The van der Waals surface area contributed by atoms with Gasteiger partial charge in [-0.1, -0.05) is 19.8 Å². The second-order valence-corrected chi connectivity index (χ2v) is 6.55. The van der Waals surface area contributed by atoms with Crippen LogP contribution in [-0.4, -0.2) is 24.5 Å². The molecule has 1 aromatic rings. The molecule has 0 fully saturated rings. The number of nitrogens with one attached hydrogen (secondary N) is 1. The van der Waals surface area contributed by atoms with Crippen LogP contribution in [0.2, 0.25) is 0 Å². The predicted octanol–water partition coefficient (Wildman–Crippen LogP) is 3.84. The van der Waals surface area contributed by atoms with E-state index in [4.69, 9.17) is 0 Å². The maximum absolute atomic E-state index is 11.7. The number of carbonyl (C=O) groups is 1. The predicted molar refractivity (Wildman–Crippen MR) is 76.4 cm³/mol. The Balaban J connectivity index is 2.27. The van der Waals surface area contributed by atoms with E-state index < -0.39 is 0 Å². The molecule has 0 aromatic carbocycles. The van der Waals surface area contributed by atoms with Crippen LogP contribution < -0.4 is 5.32 Å². The molecule has 1 aromatic heterocycles. The zero-order valence-corrected chi connectivity index (χ0v) is 12.7. The van der Waals surface area contributed by atoms with Gasteiger partial charge in [-0.15, -0.1) is 11.3 Å². The minimum atomic E-state index is 0.00521. The van der Waals surface area contributed by atoms with Crippen molar-refractivity contribution in [2.45, 2.75) is 32.7 Å². The van der Waals surface area contributed by atoms with Crippen molar-refractivity contribution < 1.29 is 4.79 Å². The molecular weight excluding hydrogens is 300 g/mol. The van der Waals surface area contributed by atoms with Gasteiger partial charge in [0, 0.05) is 18.5 Å². The molecule has 0 aliphatic carbocycles. The molecule has 0 unspecified atom stereocenters. The molecule has 0 radical (unpaired) electrons. The summed E-state index contributed by atoms with van der Waals surface area (Å²) in [7, 11) is 1.82. The lowest BCUT2D eigenvalue weighted by atomic mass is 10.2. The molecule has 3 nitrogen and oxygen atoms in total. The van der Waals surface area contributed by atoms with E-state index in [1.165, 1.54) is 17.7 Å². The third kappa shape index (κ3) is 5.55. The lowest BCUT2D eigenvalue weighted by Gasteiger charge is -2.16. The van der Waals surface area contributed by atoms with E-state index in [9.17, 15) is 4.79 Å². The van der Waals surface area contributed by atoms with Gasteiger partial charge in [-0.05, 0) is 34.5 Å². The van der Waals surface area contributed by atoms with Gasteiger partial charge in [-0.2, -0.15) is 0 Å².